The molecule has 0 fully saturated rings. The summed E-state index contributed by atoms with van der Waals surface area (Å²) >= 11 is 0. The standard InChI is InChI=1S/C9H19NO4S/c1-7(2)15(12,13)10(6)8(11)14-9(3,4)5/h7H,1-6H3. The van der Waals surface area contributed by atoms with E-state index < -0.39 is 27.0 Å². The van der Waals surface area contributed by atoms with Gasteiger partial charge in [-0.05, 0) is 34.6 Å². The third kappa shape index (κ3) is 4.07. The number of hydrogen-bond acceptors (Lipinski definition) is 4. The van der Waals surface area contributed by atoms with Gasteiger partial charge in [0.1, 0.15) is 5.60 Å². The lowest BCUT2D eigenvalue weighted by atomic mass is 10.2. The van der Waals surface area contributed by atoms with Gasteiger partial charge in [-0.1, -0.05) is 0 Å². The summed E-state index contributed by atoms with van der Waals surface area (Å²) in [6, 6.07) is 0. The fraction of sp³-hybridized carbons (Fsp3) is 0.889. The van der Waals surface area contributed by atoms with Crippen molar-refractivity contribution in [2.75, 3.05) is 7.05 Å². The summed E-state index contributed by atoms with van der Waals surface area (Å²) in [4.78, 5) is 11.4. The molecule has 15 heavy (non-hydrogen) atoms. The number of nitrogens with zero attached hydrogens (tertiary/aromatic N) is 1. The number of rotatable bonds is 2. The quantitative estimate of drug-likeness (QED) is 0.731. The van der Waals surface area contributed by atoms with E-state index in [1.54, 1.807) is 20.8 Å². The highest BCUT2D eigenvalue weighted by Crippen LogP contribution is 2.13. The van der Waals surface area contributed by atoms with Gasteiger partial charge in [-0.2, -0.15) is 0 Å². The second-order valence-corrected chi connectivity index (χ2v) is 7.06. The van der Waals surface area contributed by atoms with Crippen LogP contribution in [0.25, 0.3) is 0 Å². The summed E-state index contributed by atoms with van der Waals surface area (Å²) in [6.45, 7) is 8.06. The second kappa shape index (κ2) is 4.38. The fourth-order valence-corrected chi connectivity index (χ4v) is 1.62. The van der Waals surface area contributed by atoms with Gasteiger partial charge in [-0.3, -0.25) is 0 Å². The van der Waals surface area contributed by atoms with Crippen LogP contribution in [0.4, 0.5) is 4.79 Å². The summed E-state index contributed by atoms with van der Waals surface area (Å²) in [5, 5.41) is -0.644. The Labute approximate surface area is 91.5 Å². The van der Waals surface area contributed by atoms with Gasteiger partial charge >= 0.3 is 6.09 Å². The largest absolute Gasteiger partial charge is 0.443 e. The first-order valence-electron chi connectivity index (χ1n) is 4.69. The SMILES string of the molecule is CC(C)S(=O)(=O)N(C)C(=O)OC(C)(C)C. The average Bonchev–Trinajstić information content (AvgIpc) is 1.99. The minimum Gasteiger partial charge on any atom is -0.443 e. The maximum absolute atomic E-state index is 11.6. The van der Waals surface area contributed by atoms with Gasteiger partial charge in [0.15, 0.2) is 0 Å². The van der Waals surface area contributed by atoms with Crippen LogP contribution < -0.4 is 0 Å². The van der Waals surface area contributed by atoms with E-state index in [-0.39, 0.29) is 0 Å². The average molecular weight is 237 g/mol. The minimum absolute atomic E-state index is 0.642. The van der Waals surface area contributed by atoms with Crippen LogP contribution in [-0.2, 0) is 14.8 Å². The predicted octanol–water partition coefficient (Wildman–Crippen LogP) is 1.59. The highest BCUT2D eigenvalue weighted by Gasteiger charge is 2.30. The van der Waals surface area contributed by atoms with Gasteiger partial charge in [-0.15, -0.1) is 0 Å². The molecule has 0 aliphatic heterocycles. The van der Waals surface area contributed by atoms with Crippen molar-refractivity contribution in [1.82, 2.24) is 4.31 Å². The molecule has 0 bridgehead atoms. The van der Waals surface area contributed by atoms with Crippen LogP contribution in [0.1, 0.15) is 34.6 Å². The molecule has 0 aliphatic rings. The van der Waals surface area contributed by atoms with E-state index in [4.69, 9.17) is 4.74 Å². The Balaban J connectivity index is 4.75. The van der Waals surface area contributed by atoms with Crippen molar-refractivity contribution < 1.29 is 17.9 Å². The van der Waals surface area contributed by atoms with Crippen LogP contribution in [0, 0.1) is 0 Å². The second-order valence-electron chi connectivity index (χ2n) is 4.54. The van der Waals surface area contributed by atoms with Crippen LogP contribution in [0.2, 0.25) is 0 Å². The molecule has 0 aliphatic carbocycles. The van der Waals surface area contributed by atoms with Crippen LogP contribution in [0.5, 0.6) is 0 Å². The summed E-state index contributed by atoms with van der Waals surface area (Å²) in [6.07, 6.45) is -0.851. The van der Waals surface area contributed by atoms with E-state index >= 15 is 0 Å². The molecule has 90 valence electrons. The molecule has 0 unspecified atom stereocenters. The molecule has 0 radical (unpaired) electrons. The molecule has 0 spiro atoms. The monoisotopic (exact) mass is 237 g/mol. The molecule has 0 saturated carbocycles. The summed E-state index contributed by atoms with van der Waals surface area (Å²) in [5.41, 5.74) is -0.697. The molecule has 0 atom stereocenters. The maximum Gasteiger partial charge on any atom is 0.423 e. The van der Waals surface area contributed by atoms with E-state index in [9.17, 15) is 13.2 Å². The smallest absolute Gasteiger partial charge is 0.423 e. The van der Waals surface area contributed by atoms with Crippen molar-refractivity contribution in [2.24, 2.45) is 0 Å². The lowest BCUT2D eigenvalue weighted by Gasteiger charge is -2.25. The molecular weight excluding hydrogens is 218 g/mol. The van der Waals surface area contributed by atoms with E-state index in [2.05, 4.69) is 0 Å². The van der Waals surface area contributed by atoms with Gasteiger partial charge in [0, 0.05) is 7.05 Å². The van der Waals surface area contributed by atoms with E-state index in [0.717, 1.165) is 0 Å². The van der Waals surface area contributed by atoms with Crippen molar-refractivity contribution in [3.05, 3.63) is 0 Å². The molecule has 0 N–H and O–H groups in total. The molecule has 0 heterocycles. The Hall–Kier alpha value is -0.780. The first-order valence-corrected chi connectivity index (χ1v) is 6.19. The Bertz CT molecular complexity index is 327. The van der Waals surface area contributed by atoms with Gasteiger partial charge in [0.2, 0.25) is 10.0 Å². The number of carbonyl (C=O) groups is 1. The number of amides is 1. The highest BCUT2D eigenvalue weighted by atomic mass is 32.2. The Morgan fingerprint density at radius 1 is 1.27 bits per heavy atom. The molecule has 0 aromatic carbocycles. The van der Waals surface area contributed by atoms with Crippen molar-refractivity contribution in [2.45, 2.75) is 45.5 Å². The zero-order valence-corrected chi connectivity index (χ0v) is 10.9. The summed E-state index contributed by atoms with van der Waals surface area (Å²) in [5.74, 6) is 0. The van der Waals surface area contributed by atoms with Gasteiger partial charge < -0.3 is 4.74 Å². The topological polar surface area (TPSA) is 63.7 Å². The van der Waals surface area contributed by atoms with Gasteiger partial charge in [-0.25, -0.2) is 17.5 Å². The molecule has 0 aromatic heterocycles. The van der Waals surface area contributed by atoms with E-state index in [0.29, 0.717) is 4.31 Å². The number of carbonyl (C=O) groups excluding carboxylic acids is 1. The number of hydrogen-bond donors (Lipinski definition) is 0. The molecular formula is C9H19NO4S. The fourth-order valence-electron chi connectivity index (χ4n) is 0.746. The molecule has 5 nitrogen and oxygen atoms in total. The minimum atomic E-state index is -3.59. The number of ether oxygens (including phenoxy) is 1. The van der Waals surface area contributed by atoms with Gasteiger partial charge in [0.05, 0.1) is 5.25 Å². The van der Waals surface area contributed by atoms with Crippen LogP contribution in [-0.4, -0.2) is 36.7 Å². The molecule has 0 aromatic rings. The molecule has 0 rings (SSSR count). The van der Waals surface area contributed by atoms with E-state index in [1.807, 2.05) is 0 Å². The Morgan fingerprint density at radius 3 is 1.93 bits per heavy atom. The zero-order valence-electron chi connectivity index (χ0n) is 10.1. The zero-order chi connectivity index (χ0) is 12.4. The van der Waals surface area contributed by atoms with Crippen LogP contribution in [0.15, 0.2) is 0 Å². The van der Waals surface area contributed by atoms with Crippen molar-refractivity contribution in [3.63, 3.8) is 0 Å². The molecule has 6 heteroatoms. The van der Waals surface area contributed by atoms with Crippen LogP contribution in [0.3, 0.4) is 0 Å². The maximum atomic E-state index is 11.6. The molecule has 1 amide bonds. The lowest BCUT2D eigenvalue weighted by molar-refractivity contribution is 0.0419. The third-order valence-electron chi connectivity index (χ3n) is 1.63. The van der Waals surface area contributed by atoms with Gasteiger partial charge in [0.25, 0.3) is 0 Å². The van der Waals surface area contributed by atoms with E-state index in [1.165, 1.54) is 20.9 Å². The summed E-state index contributed by atoms with van der Waals surface area (Å²) < 4.78 is 28.8. The first-order chi connectivity index (χ1) is 6.48. The lowest BCUT2D eigenvalue weighted by Crippen LogP contribution is -2.41. The summed E-state index contributed by atoms with van der Waals surface area (Å²) in [7, 11) is -2.39. The first kappa shape index (κ1) is 14.2. The Morgan fingerprint density at radius 2 is 1.67 bits per heavy atom. The predicted molar refractivity (Wildman–Crippen MR) is 58.1 cm³/mol. The van der Waals surface area contributed by atoms with Crippen molar-refractivity contribution >= 4 is 16.1 Å². The van der Waals surface area contributed by atoms with Crippen molar-refractivity contribution in [1.29, 1.82) is 0 Å². The van der Waals surface area contributed by atoms with Crippen molar-refractivity contribution in [3.8, 4) is 0 Å². The Kier molecular flexibility index (Phi) is 4.16. The third-order valence-corrected chi connectivity index (χ3v) is 3.73. The number of sulfonamides is 1. The highest BCUT2D eigenvalue weighted by molar-refractivity contribution is 7.90. The molecule has 0 saturated heterocycles. The normalized spacial score (nSPS) is 12.7. The van der Waals surface area contributed by atoms with Crippen LogP contribution >= 0.6 is 0 Å².